The molecule has 0 aliphatic rings. The number of ether oxygens (including phenoxy) is 1. The first-order valence-electron chi connectivity index (χ1n) is 4.93. The number of rotatable bonds is 4. The van der Waals surface area contributed by atoms with Crippen molar-refractivity contribution in [2.75, 3.05) is 0 Å². The third-order valence-electron chi connectivity index (χ3n) is 1.94. The van der Waals surface area contributed by atoms with Crippen LogP contribution >= 0.6 is 0 Å². The highest BCUT2D eigenvalue weighted by molar-refractivity contribution is 5.69. The molecule has 0 aromatic heterocycles. The molecular formula is C12H16O2. The van der Waals surface area contributed by atoms with E-state index in [1.807, 2.05) is 38.1 Å². The standard InChI is InChI=1S/C12H16O2/c1-3-5-12(13)14-9-11-7-4-6-10(2)8-11/h4,6-8H,3,5,9H2,1-2H3. The summed E-state index contributed by atoms with van der Waals surface area (Å²) >= 11 is 0. The van der Waals surface area contributed by atoms with Crippen LogP contribution in [0.5, 0.6) is 0 Å². The van der Waals surface area contributed by atoms with Crippen LogP contribution in [0.2, 0.25) is 0 Å². The molecule has 14 heavy (non-hydrogen) atoms. The van der Waals surface area contributed by atoms with E-state index in [1.165, 1.54) is 5.56 Å². The Morgan fingerprint density at radius 1 is 1.43 bits per heavy atom. The molecule has 0 N–H and O–H groups in total. The highest BCUT2D eigenvalue weighted by atomic mass is 16.5. The third-order valence-corrected chi connectivity index (χ3v) is 1.94. The maximum Gasteiger partial charge on any atom is 0.306 e. The van der Waals surface area contributed by atoms with Crippen LogP contribution in [0.15, 0.2) is 24.3 Å². The van der Waals surface area contributed by atoms with E-state index in [0.717, 1.165) is 12.0 Å². The predicted molar refractivity (Wildman–Crippen MR) is 55.9 cm³/mol. The summed E-state index contributed by atoms with van der Waals surface area (Å²) in [6.07, 6.45) is 1.35. The quantitative estimate of drug-likeness (QED) is 0.686. The van der Waals surface area contributed by atoms with Gasteiger partial charge in [0.15, 0.2) is 0 Å². The number of esters is 1. The van der Waals surface area contributed by atoms with Gasteiger partial charge in [0.1, 0.15) is 6.61 Å². The molecule has 0 heterocycles. The normalized spacial score (nSPS) is 9.86. The predicted octanol–water partition coefficient (Wildman–Crippen LogP) is 2.84. The molecule has 1 aromatic rings. The molecule has 0 radical (unpaired) electrons. The maximum atomic E-state index is 11.1. The molecule has 2 heteroatoms. The summed E-state index contributed by atoms with van der Waals surface area (Å²) in [6, 6.07) is 7.99. The third kappa shape index (κ3) is 3.60. The summed E-state index contributed by atoms with van der Waals surface area (Å²) in [7, 11) is 0. The average molecular weight is 192 g/mol. The van der Waals surface area contributed by atoms with Crippen LogP contribution in [0.3, 0.4) is 0 Å². The summed E-state index contributed by atoms with van der Waals surface area (Å²) in [5.74, 6) is -0.117. The lowest BCUT2D eigenvalue weighted by Crippen LogP contribution is -2.03. The van der Waals surface area contributed by atoms with Gasteiger partial charge >= 0.3 is 5.97 Å². The second kappa shape index (κ2) is 5.43. The van der Waals surface area contributed by atoms with Crippen molar-refractivity contribution in [2.24, 2.45) is 0 Å². The number of carbonyl (C=O) groups excluding carboxylic acids is 1. The zero-order valence-electron chi connectivity index (χ0n) is 8.75. The lowest BCUT2D eigenvalue weighted by molar-refractivity contribution is -0.144. The molecule has 0 aliphatic heterocycles. The van der Waals surface area contributed by atoms with Crippen LogP contribution in [0.4, 0.5) is 0 Å². The van der Waals surface area contributed by atoms with E-state index in [4.69, 9.17) is 4.74 Å². The van der Waals surface area contributed by atoms with Crippen molar-refractivity contribution in [3.05, 3.63) is 35.4 Å². The zero-order valence-corrected chi connectivity index (χ0v) is 8.75. The van der Waals surface area contributed by atoms with Gasteiger partial charge in [0, 0.05) is 6.42 Å². The Hall–Kier alpha value is -1.31. The van der Waals surface area contributed by atoms with E-state index in [2.05, 4.69) is 0 Å². The van der Waals surface area contributed by atoms with Gasteiger partial charge in [-0.15, -0.1) is 0 Å². The van der Waals surface area contributed by atoms with Gasteiger partial charge in [-0.05, 0) is 18.9 Å². The second-order valence-corrected chi connectivity index (χ2v) is 3.40. The lowest BCUT2D eigenvalue weighted by Gasteiger charge is -2.04. The highest BCUT2D eigenvalue weighted by Crippen LogP contribution is 2.06. The molecule has 0 atom stereocenters. The summed E-state index contributed by atoms with van der Waals surface area (Å²) < 4.78 is 5.08. The molecule has 0 saturated heterocycles. The van der Waals surface area contributed by atoms with Crippen molar-refractivity contribution in [3.63, 3.8) is 0 Å². The number of aryl methyl sites for hydroxylation is 1. The summed E-state index contributed by atoms with van der Waals surface area (Å²) in [4.78, 5) is 11.1. The van der Waals surface area contributed by atoms with Crippen molar-refractivity contribution in [1.29, 1.82) is 0 Å². The Bertz CT molecular complexity index is 305. The fraction of sp³-hybridized carbons (Fsp3) is 0.417. The van der Waals surface area contributed by atoms with Gasteiger partial charge in [-0.3, -0.25) is 4.79 Å². The zero-order chi connectivity index (χ0) is 10.4. The molecule has 0 fully saturated rings. The van der Waals surface area contributed by atoms with E-state index in [-0.39, 0.29) is 5.97 Å². The van der Waals surface area contributed by atoms with Gasteiger partial charge < -0.3 is 4.74 Å². The van der Waals surface area contributed by atoms with Gasteiger partial charge in [0.05, 0.1) is 0 Å². The van der Waals surface area contributed by atoms with E-state index >= 15 is 0 Å². The summed E-state index contributed by atoms with van der Waals surface area (Å²) in [6.45, 7) is 4.38. The highest BCUT2D eigenvalue weighted by Gasteiger charge is 2.00. The monoisotopic (exact) mass is 192 g/mol. The fourth-order valence-corrected chi connectivity index (χ4v) is 1.24. The van der Waals surface area contributed by atoms with E-state index in [1.54, 1.807) is 0 Å². The van der Waals surface area contributed by atoms with Crippen LogP contribution in [0.1, 0.15) is 30.9 Å². The maximum absolute atomic E-state index is 11.1. The van der Waals surface area contributed by atoms with Crippen molar-refractivity contribution in [1.82, 2.24) is 0 Å². The molecule has 0 saturated carbocycles. The first-order valence-corrected chi connectivity index (χ1v) is 4.93. The first-order chi connectivity index (χ1) is 6.72. The molecule has 2 nitrogen and oxygen atoms in total. The first kappa shape index (κ1) is 10.8. The number of benzene rings is 1. The van der Waals surface area contributed by atoms with Crippen LogP contribution < -0.4 is 0 Å². The topological polar surface area (TPSA) is 26.3 Å². The van der Waals surface area contributed by atoms with E-state index < -0.39 is 0 Å². The molecular weight excluding hydrogens is 176 g/mol. The summed E-state index contributed by atoms with van der Waals surface area (Å²) in [5, 5.41) is 0. The molecule has 0 unspecified atom stereocenters. The molecule has 76 valence electrons. The second-order valence-electron chi connectivity index (χ2n) is 3.40. The molecule has 1 aromatic carbocycles. The van der Waals surface area contributed by atoms with Gasteiger partial charge in [-0.2, -0.15) is 0 Å². The van der Waals surface area contributed by atoms with Gasteiger partial charge in [-0.1, -0.05) is 36.8 Å². The van der Waals surface area contributed by atoms with E-state index in [9.17, 15) is 4.79 Å². The Kier molecular flexibility index (Phi) is 4.17. The largest absolute Gasteiger partial charge is 0.461 e. The fourth-order valence-electron chi connectivity index (χ4n) is 1.24. The number of hydrogen-bond acceptors (Lipinski definition) is 2. The number of carbonyl (C=O) groups is 1. The van der Waals surface area contributed by atoms with Gasteiger partial charge in [-0.25, -0.2) is 0 Å². The van der Waals surface area contributed by atoms with Crippen molar-refractivity contribution in [3.8, 4) is 0 Å². The molecule has 1 rings (SSSR count). The van der Waals surface area contributed by atoms with Crippen molar-refractivity contribution >= 4 is 5.97 Å². The van der Waals surface area contributed by atoms with Crippen LogP contribution in [-0.2, 0) is 16.1 Å². The van der Waals surface area contributed by atoms with Crippen molar-refractivity contribution in [2.45, 2.75) is 33.3 Å². The minimum atomic E-state index is -0.117. The molecule has 0 spiro atoms. The Balaban J connectivity index is 2.41. The van der Waals surface area contributed by atoms with E-state index in [0.29, 0.717) is 13.0 Å². The van der Waals surface area contributed by atoms with Crippen LogP contribution in [-0.4, -0.2) is 5.97 Å². The smallest absolute Gasteiger partial charge is 0.306 e. The number of hydrogen-bond donors (Lipinski definition) is 0. The SMILES string of the molecule is CCCC(=O)OCc1cccc(C)c1. The van der Waals surface area contributed by atoms with Gasteiger partial charge in [0.25, 0.3) is 0 Å². The summed E-state index contributed by atoms with van der Waals surface area (Å²) in [5.41, 5.74) is 2.24. The Morgan fingerprint density at radius 3 is 2.86 bits per heavy atom. The molecule has 0 amide bonds. The Labute approximate surface area is 84.9 Å². The minimum absolute atomic E-state index is 0.117. The van der Waals surface area contributed by atoms with Crippen LogP contribution in [0, 0.1) is 6.92 Å². The molecule has 0 bridgehead atoms. The van der Waals surface area contributed by atoms with Gasteiger partial charge in [0.2, 0.25) is 0 Å². The Morgan fingerprint density at radius 2 is 2.21 bits per heavy atom. The van der Waals surface area contributed by atoms with Crippen LogP contribution in [0.25, 0.3) is 0 Å². The molecule has 0 aliphatic carbocycles. The van der Waals surface area contributed by atoms with Crippen molar-refractivity contribution < 1.29 is 9.53 Å². The lowest BCUT2D eigenvalue weighted by atomic mass is 10.1. The average Bonchev–Trinajstić information content (AvgIpc) is 2.15. The minimum Gasteiger partial charge on any atom is -0.461 e.